The molecular formula is C24H26FN3O2S. The van der Waals surface area contributed by atoms with E-state index < -0.39 is 0 Å². The molecule has 3 rings (SSSR count). The quantitative estimate of drug-likeness (QED) is 0.537. The molecule has 0 aliphatic rings. The molecule has 2 aromatic carbocycles. The van der Waals surface area contributed by atoms with Crippen molar-refractivity contribution in [1.82, 2.24) is 15.6 Å². The Bertz CT molecular complexity index is 1060. The van der Waals surface area contributed by atoms with Crippen LogP contribution in [-0.2, 0) is 13.0 Å². The minimum Gasteiger partial charge on any atom is -0.350 e. The van der Waals surface area contributed by atoms with Gasteiger partial charge in [-0.1, -0.05) is 31.2 Å². The van der Waals surface area contributed by atoms with Crippen LogP contribution in [-0.4, -0.2) is 22.8 Å². The summed E-state index contributed by atoms with van der Waals surface area (Å²) in [5.41, 5.74) is 3.03. The zero-order valence-corrected chi connectivity index (χ0v) is 18.7. The van der Waals surface area contributed by atoms with Gasteiger partial charge in [-0.05, 0) is 55.7 Å². The van der Waals surface area contributed by atoms with Gasteiger partial charge in [-0.25, -0.2) is 9.37 Å². The van der Waals surface area contributed by atoms with Crippen LogP contribution in [0.5, 0.6) is 0 Å². The average molecular weight is 440 g/mol. The zero-order valence-electron chi connectivity index (χ0n) is 17.9. The monoisotopic (exact) mass is 439 g/mol. The van der Waals surface area contributed by atoms with Gasteiger partial charge in [0.05, 0.1) is 10.7 Å². The lowest BCUT2D eigenvalue weighted by atomic mass is 10.1. The van der Waals surface area contributed by atoms with E-state index in [0.717, 1.165) is 22.6 Å². The van der Waals surface area contributed by atoms with Gasteiger partial charge in [0.25, 0.3) is 11.8 Å². The molecule has 1 atom stereocenters. The highest BCUT2D eigenvalue weighted by Gasteiger charge is 2.16. The van der Waals surface area contributed by atoms with E-state index >= 15 is 0 Å². The second kappa shape index (κ2) is 10.3. The molecule has 5 nitrogen and oxygen atoms in total. The smallest absolute Gasteiger partial charge is 0.263 e. The van der Waals surface area contributed by atoms with E-state index in [1.54, 1.807) is 31.2 Å². The van der Waals surface area contributed by atoms with Crippen LogP contribution in [0.2, 0.25) is 0 Å². The van der Waals surface area contributed by atoms with Crippen molar-refractivity contribution in [2.24, 2.45) is 0 Å². The zero-order chi connectivity index (χ0) is 22.4. The van der Waals surface area contributed by atoms with Crippen molar-refractivity contribution in [3.63, 3.8) is 0 Å². The summed E-state index contributed by atoms with van der Waals surface area (Å²) in [6, 6.07) is 13.6. The number of nitrogens with one attached hydrogen (secondary N) is 2. The Kier molecular flexibility index (Phi) is 7.52. The molecule has 0 aliphatic carbocycles. The summed E-state index contributed by atoms with van der Waals surface area (Å²) in [4.78, 5) is 30.0. The largest absolute Gasteiger partial charge is 0.350 e. The minimum absolute atomic E-state index is 0.106. The number of hydrogen-bond donors (Lipinski definition) is 2. The Labute approximate surface area is 185 Å². The van der Waals surface area contributed by atoms with Crippen LogP contribution < -0.4 is 10.6 Å². The molecule has 1 heterocycles. The summed E-state index contributed by atoms with van der Waals surface area (Å²) >= 11 is 1.34. The fourth-order valence-corrected chi connectivity index (χ4v) is 4.03. The van der Waals surface area contributed by atoms with Crippen molar-refractivity contribution in [3.8, 4) is 0 Å². The normalized spacial score (nSPS) is 11.7. The number of rotatable bonds is 8. The van der Waals surface area contributed by atoms with Gasteiger partial charge in [-0.2, -0.15) is 0 Å². The van der Waals surface area contributed by atoms with Crippen LogP contribution >= 0.6 is 11.3 Å². The summed E-state index contributed by atoms with van der Waals surface area (Å²) in [6.07, 6.45) is 1.41. The van der Waals surface area contributed by atoms with Gasteiger partial charge < -0.3 is 10.6 Å². The van der Waals surface area contributed by atoms with Gasteiger partial charge >= 0.3 is 0 Å². The highest BCUT2D eigenvalue weighted by molar-refractivity contribution is 7.13. The van der Waals surface area contributed by atoms with Gasteiger partial charge in [0, 0.05) is 24.6 Å². The fraction of sp³-hybridized carbons (Fsp3) is 0.292. The molecule has 1 aromatic heterocycles. The Morgan fingerprint density at radius 1 is 1.10 bits per heavy atom. The van der Waals surface area contributed by atoms with Crippen molar-refractivity contribution in [2.45, 2.75) is 46.2 Å². The molecule has 31 heavy (non-hydrogen) atoms. The van der Waals surface area contributed by atoms with Gasteiger partial charge in [0.2, 0.25) is 0 Å². The Hall–Kier alpha value is -3.06. The van der Waals surface area contributed by atoms with E-state index in [-0.39, 0.29) is 23.7 Å². The number of thiazole rings is 1. The van der Waals surface area contributed by atoms with Crippen molar-refractivity contribution in [2.75, 3.05) is 0 Å². The number of aromatic nitrogens is 1. The first kappa shape index (κ1) is 22.6. The molecule has 1 unspecified atom stereocenters. The first-order valence-corrected chi connectivity index (χ1v) is 11.1. The van der Waals surface area contributed by atoms with Crippen LogP contribution in [0.15, 0.2) is 48.5 Å². The van der Waals surface area contributed by atoms with E-state index in [4.69, 9.17) is 0 Å². The Morgan fingerprint density at radius 3 is 2.55 bits per heavy atom. The highest BCUT2D eigenvalue weighted by Crippen LogP contribution is 2.21. The van der Waals surface area contributed by atoms with Gasteiger partial charge in [0.1, 0.15) is 10.7 Å². The van der Waals surface area contributed by atoms with Crippen LogP contribution in [0.3, 0.4) is 0 Å². The fourth-order valence-electron chi connectivity index (χ4n) is 3.01. The lowest BCUT2D eigenvalue weighted by Crippen LogP contribution is -2.32. The van der Waals surface area contributed by atoms with Crippen LogP contribution in [0.4, 0.5) is 4.39 Å². The molecule has 0 saturated carbocycles. The first-order chi connectivity index (χ1) is 14.9. The molecule has 0 aliphatic heterocycles. The topological polar surface area (TPSA) is 71.1 Å². The third kappa shape index (κ3) is 6.21. The van der Waals surface area contributed by atoms with E-state index in [2.05, 4.69) is 15.6 Å². The second-order valence-electron chi connectivity index (χ2n) is 7.49. The number of carbonyl (C=O) groups excluding carboxylic acids is 2. The van der Waals surface area contributed by atoms with Crippen LogP contribution in [0.1, 0.15) is 62.1 Å². The molecule has 0 radical (unpaired) electrons. The summed E-state index contributed by atoms with van der Waals surface area (Å²) in [7, 11) is 0. The number of hydrogen-bond acceptors (Lipinski definition) is 4. The van der Waals surface area contributed by atoms with Gasteiger partial charge in [0.15, 0.2) is 0 Å². The van der Waals surface area contributed by atoms with Gasteiger partial charge in [-0.15, -0.1) is 11.3 Å². The van der Waals surface area contributed by atoms with E-state index in [9.17, 15) is 14.0 Å². The summed E-state index contributed by atoms with van der Waals surface area (Å²) < 4.78 is 13.1. The molecule has 2 N–H and O–H groups in total. The van der Waals surface area contributed by atoms with Crippen LogP contribution in [0.25, 0.3) is 0 Å². The highest BCUT2D eigenvalue weighted by atomic mass is 32.1. The predicted octanol–water partition coefficient (Wildman–Crippen LogP) is 4.64. The maximum absolute atomic E-state index is 13.1. The molecule has 0 spiro atoms. The number of halogens is 1. The molecule has 0 fully saturated rings. The van der Waals surface area contributed by atoms with Crippen molar-refractivity contribution in [1.29, 1.82) is 0 Å². The standard InChI is InChI=1S/C24H26FN3O2S/c1-4-15(2)27-23(29)19-7-5-6-18(12-19)14-26-24(30)22-16(3)28-21(31-22)13-17-8-10-20(25)11-9-17/h5-12,15H,4,13-14H2,1-3H3,(H,26,30)(H,27,29). The summed E-state index contributed by atoms with van der Waals surface area (Å²) in [5.74, 6) is -0.596. The lowest BCUT2D eigenvalue weighted by molar-refractivity contribution is 0.0937. The number of carbonyl (C=O) groups is 2. The second-order valence-corrected chi connectivity index (χ2v) is 8.57. The van der Waals surface area contributed by atoms with Crippen molar-refractivity contribution >= 4 is 23.2 Å². The predicted molar refractivity (Wildman–Crippen MR) is 121 cm³/mol. The van der Waals surface area contributed by atoms with Crippen LogP contribution in [0, 0.1) is 12.7 Å². The number of aryl methyl sites for hydroxylation is 1. The maximum Gasteiger partial charge on any atom is 0.263 e. The summed E-state index contributed by atoms with van der Waals surface area (Å²) in [5, 5.41) is 6.66. The van der Waals surface area contributed by atoms with E-state index in [0.29, 0.717) is 29.1 Å². The minimum atomic E-state index is -0.277. The molecule has 3 aromatic rings. The molecule has 162 valence electrons. The molecule has 0 bridgehead atoms. The Balaban J connectivity index is 1.62. The lowest BCUT2D eigenvalue weighted by Gasteiger charge is -2.12. The average Bonchev–Trinajstić information content (AvgIpc) is 3.13. The molecular weight excluding hydrogens is 413 g/mol. The molecule has 7 heteroatoms. The SMILES string of the molecule is CCC(C)NC(=O)c1cccc(CNC(=O)c2sc(Cc3ccc(F)cc3)nc2C)c1. The van der Waals surface area contributed by atoms with Crippen molar-refractivity contribution < 1.29 is 14.0 Å². The van der Waals surface area contributed by atoms with E-state index in [1.807, 2.05) is 26.0 Å². The van der Waals surface area contributed by atoms with Gasteiger partial charge in [-0.3, -0.25) is 9.59 Å². The summed E-state index contributed by atoms with van der Waals surface area (Å²) in [6.45, 7) is 6.10. The number of benzene rings is 2. The number of amides is 2. The third-order valence-electron chi connectivity index (χ3n) is 4.95. The maximum atomic E-state index is 13.1. The van der Waals surface area contributed by atoms with Crippen molar-refractivity contribution in [3.05, 3.63) is 86.6 Å². The molecule has 2 amide bonds. The first-order valence-electron chi connectivity index (χ1n) is 10.2. The molecule has 0 saturated heterocycles. The number of nitrogens with zero attached hydrogens (tertiary/aromatic N) is 1. The van der Waals surface area contributed by atoms with E-state index in [1.165, 1.54) is 23.5 Å². The third-order valence-corrected chi connectivity index (χ3v) is 6.10. The Morgan fingerprint density at radius 2 is 1.84 bits per heavy atom.